The third-order valence-corrected chi connectivity index (χ3v) is 5.27. The molecule has 0 bridgehead atoms. The molecule has 1 aromatic carbocycles. The Morgan fingerprint density at radius 3 is 2.62 bits per heavy atom. The van der Waals surface area contributed by atoms with E-state index >= 15 is 0 Å². The lowest BCUT2D eigenvalue weighted by Gasteiger charge is -2.31. The normalized spacial score (nSPS) is 15.8. The van der Waals surface area contributed by atoms with E-state index in [0.717, 1.165) is 36.1 Å². The number of anilines is 1. The van der Waals surface area contributed by atoms with E-state index < -0.39 is 0 Å². The molecule has 2 aromatic rings. The van der Waals surface area contributed by atoms with Gasteiger partial charge in [-0.2, -0.15) is 0 Å². The van der Waals surface area contributed by atoms with Gasteiger partial charge >= 0.3 is 0 Å². The summed E-state index contributed by atoms with van der Waals surface area (Å²) in [5, 5.41) is 7.62. The van der Waals surface area contributed by atoms with Gasteiger partial charge in [0, 0.05) is 30.4 Å². The molecule has 1 heterocycles. The van der Waals surface area contributed by atoms with Crippen LogP contribution in [0.15, 0.2) is 28.8 Å². The number of aromatic nitrogens is 1. The highest BCUT2D eigenvalue weighted by Crippen LogP contribution is 2.25. The summed E-state index contributed by atoms with van der Waals surface area (Å²) in [5.41, 5.74) is 4.69. The number of benzene rings is 1. The van der Waals surface area contributed by atoms with Gasteiger partial charge in [0.2, 0.25) is 0 Å². The lowest BCUT2D eigenvalue weighted by molar-refractivity contribution is 0.185. The third kappa shape index (κ3) is 3.99. The molecule has 3 rings (SSSR count). The first-order chi connectivity index (χ1) is 11.6. The van der Waals surface area contributed by atoms with E-state index in [9.17, 15) is 0 Å². The predicted molar refractivity (Wildman–Crippen MR) is 98.1 cm³/mol. The van der Waals surface area contributed by atoms with E-state index in [-0.39, 0.29) is 0 Å². The molecule has 0 amide bonds. The maximum atomic E-state index is 5.26. The summed E-state index contributed by atoms with van der Waals surface area (Å²) in [6, 6.07) is 9.36. The number of nitrogens with one attached hydrogen (secondary N) is 1. The van der Waals surface area contributed by atoms with Crippen LogP contribution in [0.4, 0.5) is 5.69 Å². The first kappa shape index (κ1) is 17.0. The molecular weight excluding hydrogens is 298 g/mol. The average molecular weight is 327 g/mol. The fourth-order valence-electron chi connectivity index (χ4n) is 3.69. The van der Waals surface area contributed by atoms with Crippen LogP contribution in [0.3, 0.4) is 0 Å². The van der Waals surface area contributed by atoms with Crippen molar-refractivity contribution in [3.05, 3.63) is 46.8 Å². The van der Waals surface area contributed by atoms with E-state index in [1.165, 1.54) is 43.4 Å². The molecule has 4 heteroatoms. The molecule has 24 heavy (non-hydrogen) atoms. The van der Waals surface area contributed by atoms with E-state index in [1.54, 1.807) is 0 Å². The Bertz CT molecular complexity index is 639. The highest BCUT2D eigenvalue weighted by atomic mass is 16.5. The lowest BCUT2D eigenvalue weighted by Crippen LogP contribution is -2.33. The van der Waals surface area contributed by atoms with Crippen LogP contribution in [0.1, 0.15) is 54.7 Å². The van der Waals surface area contributed by atoms with Crippen molar-refractivity contribution in [2.45, 2.75) is 65.1 Å². The first-order valence-electron chi connectivity index (χ1n) is 9.09. The Kier molecular flexibility index (Phi) is 5.56. The zero-order chi connectivity index (χ0) is 16.9. The molecule has 1 aliphatic rings. The molecule has 1 fully saturated rings. The average Bonchev–Trinajstić information content (AvgIpc) is 2.93. The first-order valence-corrected chi connectivity index (χ1v) is 9.09. The summed E-state index contributed by atoms with van der Waals surface area (Å²) in [7, 11) is 2.26. The number of nitrogens with zero attached hydrogens (tertiary/aromatic N) is 2. The molecule has 1 N–H and O–H groups in total. The quantitative estimate of drug-likeness (QED) is 0.837. The van der Waals surface area contributed by atoms with Crippen molar-refractivity contribution in [3.63, 3.8) is 0 Å². The molecule has 0 atom stereocenters. The fourth-order valence-corrected chi connectivity index (χ4v) is 3.69. The largest absolute Gasteiger partial charge is 0.380 e. The van der Waals surface area contributed by atoms with Crippen molar-refractivity contribution < 1.29 is 4.52 Å². The van der Waals surface area contributed by atoms with Crippen LogP contribution in [0.25, 0.3) is 0 Å². The molecule has 0 radical (unpaired) electrons. The van der Waals surface area contributed by atoms with Gasteiger partial charge in [-0.3, -0.25) is 4.90 Å². The van der Waals surface area contributed by atoms with Crippen LogP contribution in [-0.2, 0) is 13.1 Å². The van der Waals surface area contributed by atoms with Gasteiger partial charge in [0.05, 0.1) is 5.69 Å². The van der Waals surface area contributed by atoms with Gasteiger partial charge in [-0.05, 0) is 45.4 Å². The number of para-hydroxylation sites is 1. The molecule has 0 spiro atoms. The standard InChI is InChI=1S/C20H29N3O/c1-15-19(16(2)24-22-15)13-21-20-12-8-7-9-17(20)14-23(3)18-10-5-4-6-11-18/h7-9,12,18,21H,4-6,10-11,13-14H2,1-3H3. The van der Waals surface area contributed by atoms with Crippen LogP contribution in [-0.4, -0.2) is 23.1 Å². The summed E-state index contributed by atoms with van der Waals surface area (Å²) in [6.45, 7) is 5.72. The molecule has 1 aromatic heterocycles. The van der Waals surface area contributed by atoms with Gasteiger partial charge in [0.25, 0.3) is 0 Å². The van der Waals surface area contributed by atoms with Gasteiger partial charge in [0.1, 0.15) is 5.76 Å². The van der Waals surface area contributed by atoms with Crippen LogP contribution < -0.4 is 5.32 Å². The third-order valence-electron chi connectivity index (χ3n) is 5.27. The van der Waals surface area contributed by atoms with Gasteiger partial charge in [-0.25, -0.2) is 0 Å². The molecule has 130 valence electrons. The number of hydrogen-bond acceptors (Lipinski definition) is 4. The molecule has 0 unspecified atom stereocenters. The number of aryl methyl sites for hydroxylation is 2. The van der Waals surface area contributed by atoms with Crippen molar-refractivity contribution in [3.8, 4) is 0 Å². The summed E-state index contributed by atoms with van der Waals surface area (Å²) in [6.07, 6.45) is 6.83. The molecule has 0 aliphatic heterocycles. The predicted octanol–water partition coefficient (Wildman–Crippen LogP) is 4.67. The summed E-state index contributed by atoms with van der Waals surface area (Å²) in [4.78, 5) is 2.52. The Labute approximate surface area is 145 Å². The fraction of sp³-hybridized carbons (Fsp3) is 0.550. The topological polar surface area (TPSA) is 41.3 Å². The Balaban J connectivity index is 1.66. The monoisotopic (exact) mass is 327 g/mol. The summed E-state index contributed by atoms with van der Waals surface area (Å²) >= 11 is 0. The second-order valence-electron chi connectivity index (χ2n) is 7.02. The van der Waals surface area contributed by atoms with Crippen LogP contribution in [0.5, 0.6) is 0 Å². The van der Waals surface area contributed by atoms with Crippen molar-refractivity contribution >= 4 is 5.69 Å². The SMILES string of the molecule is Cc1noc(C)c1CNc1ccccc1CN(C)C1CCCCC1. The van der Waals surface area contributed by atoms with Crippen molar-refractivity contribution in [1.82, 2.24) is 10.1 Å². The number of rotatable bonds is 6. The lowest BCUT2D eigenvalue weighted by atomic mass is 9.94. The van der Waals surface area contributed by atoms with E-state index in [2.05, 4.69) is 46.7 Å². The van der Waals surface area contributed by atoms with E-state index in [1.807, 2.05) is 13.8 Å². The zero-order valence-electron chi connectivity index (χ0n) is 15.1. The Hall–Kier alpha value is -1.81. The van der Waals surface area contributed by atoms with Crippen LogP contribution in [0, 0.1) is 13.8 Å². The van der Waals surface area contributed by atoms with E-state index in [4.69, 9.17) is 4.52 Å². The highest BCUT2D eigenvalue weighted by molar-refractivity contribution is 5.51. The zero-order valence-corrected chi connectivity index (χ0v) is 15.1. The molecular formula is C20H29N3O. The van der Waals surface area contributed by atoms with Gasteiger partial charge in [0.15, 0.2) is 0 Å². The van der Waals surface area contributed by atoms with Crippen molar-refractivity contribution in [2.75, 3.05) is 12.4 Å². The molecule has 4 nitrogen and oxygen atoms in total. The van der Waals surface area contributed by atoms with Gasteiger partial charge in [-0.15, -0.1) is 0 Å². The minimum absolute atomic E-state index is 0.731. The minimum atomic E-state index is 0.731. The molecule has 0 saturated heterocycles. The number of hydrogen-bond donors (Lipinski definition) is 1. The van der Waals surface area contributed by atoms with Crippen molar-refractivity contribution in [1.29, 1.82) is 0 Å². The molecule has 1 saturated carbocycles. The van der Waals surface area contributed by atoms with Crippen LogP contribution >= 0.6 is 0 Å². The molecule has 1 aliphatic carbocycles. The van der Waals surface area contributed by atoms with Crippen molar-refractivity contribution in [2.24, 2.45) is 0 Å². The summed E-state index contributed by atoms with van der Waals surface area (Å²) in [5.74, 6) is 0.900. The van der Waals surface area contributed by atoms with Gasteiger partial charge in [-0.1, -0.05) is 42.6 Å². The Morgan fingerprint density at radius 2 is 1.92 bits per heavy atom. The summed E-state index contributed by atoms with van der Waals surface area (Å²) < 4.78 is 5.26. The second kappa shape index (κ2) is 7.84. The smallest absolute Gasteiger partial charge is 0.138 e. The maximum absolute atomic E-state index is 5.26. The second-order valence-corrected chi connectivity index (χ2v) is 7.02. The highest BCUT2D eigenvalue weighted by Gasteiger charge is 2.19. The Morgan fingerprint density at radius 1 is 1.17 bits per heavy atom. The maximum Gasteiger partial charge on any atom is 0.138 e. The van der Waals surface area contributed by atoms with E-state index in [0.29, 0.717) is 0 Å². The van der Waals surface area contributed by atoms with Gasteiger partial charge < -0.3 is 9.84 Å². The minimum Gasteiger partial charge on any atom is -0.380 e. The van der Waals surface area contributed by atoms with Crippen LogP contribution in [0.2, 0.25) is 0 Å².